The lowest BCUT2D eigenvalue weighted by Crippen LogP contribution is -2.41. The van der Waals surface area contributed by atoms with Gasteiger partial charge in [-0.2, -0.15) is 0 Å². The Hall–Kier alpha value is -0.160. The maximum Gasteiger partial charge on any atom is 0.0623 e. The first-order chi connectivity index (χ1) is 8.13. The second-order valence-electron chi connectivity index (χ2n) is 5.14. The first kappa shape index (κ1) is 14.9. The van der Waals surface area contributed by atoms with E-state index < -0.39 is 0 Å². The number of likely N-dealkylation sites (N-methyl/N-ethyl adjacent to an activating group) is 2. The summed E-state index contributed by atoms with van der Waals surface area (Å²) in [6.07, 6.45) is 0.327. The molecule has 4 heteroatoms. The molecular formula is C13H28N2O2. The fourth-order valence-corrected chi connectivity index (χ4v) is 2.20. The van der Waals surface area contributed by atoms with Crippen molar-refractivity contribution in [1.82, 2.24) is 10.2 Å². The van der Waals surface area contributed by atoms with E-state index in [4.69, 9.17) is 9.47 Å². The molecule has 1 saturated heterocycles. The van der Waals surface area contributed by atoms with E-state index in [0.717, 1.165) is 39.5 Å². The second kappa shape index (κ2) is 8.03. The van der Waals surface area contributed by atoms with Gasteiger partial charge >= 0.3 is 0 Å². The molecule has 2 unspecified atom stereocenters. The van der Waals surface area contributed by atoms with E-state index in [1.807, 2.05) is 0 Å². The minimum Gasteiger partial charge on any atom is -0.379 e. The van der Waals surface area contributed by atoms with E-state index in [9.17, 15) is 0 Å². The largest absolute Gasteiger partial charge is 0.379 e. The van der Waals surface area contributed by atoms with Crippen molar-refractivity contribution in [3.63, 3.8) is 0 Å². The van der Waals surface area contributed by atoms with Gasteiger partial charge in [0.25, 0.3) is 0 Å². The maximum atomic E-state index is 5.56. The van der Waals surface area contributed by atoms with Crippen LogP contribution >= 0.6 is 0 Å². The van der Waals surface area contributed by atoms with Gasteiger partial charge in [-0.25, -0.2) is 0 Å². The summed E-state index contributed by atoms with van der Waals surface area (Å²) in [7, 11) is 2.16. The number of nitrogens with zero attached hydrogens (tertiary/aromatic N) is 1. The molecule has 2 atom stereocenters. The first-order valence-corrected chi connectivity index (χ1v) is 6.74. The number of hydrogen-bond donors (Lipinski definition) is 1. The van der Waals surface area contributed by atoms with Gasteiger partial charge in [0.2, 0.25) is 0 Å². The van der Waals surface area contributed by atoms with Crippen molar-refractivity contribution in [2.24, 2.45) is 5.92 Å². The van der Waals surface area contributed by atoms with E-state index in [1.54, 1.807) is 0 Å². The van der Waals surface area contributed by atoms with Crippen molar-refractivity contribution in [2.75, 3.05) is 46.5 Å². The van der Waals surface area contributed by atoms with Gasteiger partial charge in [-0.05, 0) is 27.4 Å². The standard InChI is InChI=1S/C13H28N2O2/c1-5-14-13-10-16-9-12(13)8-15(4)6-7-17-11(2)3/h11-14H,5-10H2,1-4H3. The van der Waals surface area contributed by atoms with Gasteiger partial charge in [0, 0.05) is 25.0 Å². The Labute approximate surface area is 106 Å². The van der Waals surface area contributed by atoms with Crippen molar-refractivity contribution in [3.05, 3.63) is 0 Å². The third-order valence-corrected chi connectivity index (χ3v) is 3.14. The molecule has 0 radical (unpaired) electrons. The fourth-order valence-electron chi connectivity index (χ4n) is 2.20. The molecule has 17 heavy (non-hydrogen) atoms. The lowest BCUT2D eigenvalue weighted by Gasteiger charge is -2.24. The molecular weight excluding hydrogens is 216 g/mol. The summed E-state index contributed by atoms with van der Waals surface area (Å²) in [6.45, 7) is 11.9. The summed E-state index contributed by atoms with van der Waals surface area (Å²) in [4.78, 5) is 2.34. The number of ether oxygens (including phenoxy) is 2. The Morgan fingerprint density at radius 2 is 2.18 bits per heavy atom. The molecule has 0 aromatic carbocycles. The predicted octanol–water partition coefficient (Wildman–Crippen LogP) is 0.968. The third kappa shape index (κ3) is 5.82. The van der Waals surface area contributed by atoms with E-state index in [0.29, 0.717) is 18.1 Å². The zero-order valence-electron chi connectivity index (χ0n) is 11.7. The minimum atomic E-state index is 0.327. The van der Waals surface area contributed by atoms with E-state index in [1.165, 1.54) is 0 Å². The second-order valence-corrected chi connectivity index (χ2v) is 5.14. The van der Waals surface area contributed by atoms with Crippen LogP contribution < -0.4 is 5.32 Å². The normalized spacial score (nSPS) is 25.1. The minimum absolute atomic E-state index is 0.327. The summed E-state index contributed by atoms with van der Waals surface area (Å²) in [5.74, 6) is 0.610. The molecule has 1 aliphatic heterocycles. The van der Waals surface area contributed by atoms with E-state index in [2.05, 4.69) is 38.0 Å². The molecule has 0 bridgehead atoms. The molecule has 4 nitrogen and oxygen atoms in total. The average molecular weight is 244 g/mol. The van der Waals surface area contributed by atoms with Gasteiger partial charge in [-0.15, -0.1) is 0 Å². The molecule has 1 fully saturated rings. The smallest absolute Gasteiger partial charge is 0.0623 e. The van der Waals surface area contributed by atoms with Crippen LogP contribution in [0.4, 0.5) is 0 Å². The van der Waals surface area contributed by atoms with Gasteiger partial charge in [0.1, 0.15) is 0 Å². The molecule has 0 saturated carbocycles. The van der Waals surface area contributed by atoms with Crippen LogP contribution in [0.2, 0.25) is 0 Å². The summed E-state index contributed by atoms with van der Waals surface area (Å²) in [5, 5.41) is 3.49. The molecule has 102 valence electrons. The summed E-state index contributed by atoms with van der Waals surface area (Å²) < 4.78 is 11.1. The van der Waals surface area contributed by atoms with Crippen molar-refractivity contribution in [1.29, 1.82) is 0 Å². The van der Waals surface area contributed by atoms with Crippen LogP contribution in [0.5, 0.6) is 0 Å². The summed E-state index contributed by atoms with van der Waals surface area (Å²) in [5.41, 5.74) is 0. The van der Waals surface area contributed by atoms with E-state index >= 15 is 0 Å². The van der Waals surface area contributed by atoms with Crippen LogP contribution in [-0.4, -0.2) is 63.5 Å². The molecule has 0 aromatic heterocycles. The highest BCUT2D eigenvalue weighted by atomic mass is 16.5. The molecule has 1 aliphatic rings. The maximum absolute atomic E-state index is 5.56. The van der Waals surface area contributed by atoms with Gasteiger partial charge < -0.3 is 19.7 Å². The highest BCUT2D eigenvalue weighted by molar-refractivity contribution is 4.82. The van der Waals surface area contributed by atoms with Crippen LogP contribution in [0, 0.1) is 5.92 Å². The van der Waals surface area contributed by atoms with E-state index in [-0.39, 0.29) is 0 Å². The zero-order chi connectivity index (χ0) is 12.7. The predicted molar refractivity (Wildman–Crippen MR) is 70.4 cm³/mol. The van der Waals surface area contributed by atoms with Crippen LogP contribution in [0.25, 0.3) is 0 Å². The monoisotopic (exact) mass is 244 g/mol. The van der Waals surface area contributed by atoms with Crippen LogP contribution in [0.3, 0.4) is 0 Å². The quantitative estimate of drug-likeness (QED) is 0.690. The van der Waals surface area contributed by atoms with Crippen LogP contribution in [-0.2, 0) is 9.47 Å². The molecule has 1 rings (SSSR count). The average Bonchev–Trinajstić information content (AvgIpc) is 2.66. The topological polar surface area (TPSA) is 33.7 Å². The number of nitrogens with one attached hydrogen (secondary N) is 1. The molecule has 0 aliphatic carbocycles. The Morgan fingerprint density at radius 3 is 2.82 bits per heavy atom. The van der Waals surface area contributed by atoms with Crippen molar-refractivity contribution < 1.29 is 9.47 Å². The number of hydrogen-bond acceptors (Lipinski definition) is 4. The third-order valence-electron chi connectivity index (χ3n) is 3.14. The van der Waals surface area contributed by atoms with Gasteiger partial charge in [0.15, 0.2) is 0 Å². The number of rotatable bonds is 8. The lowest BCUT2D eigenvalue weighted by atomic mass is 10.0. The van der Waals surface area contributed by atoms with Gasteiger partial charge in [0.05, 0.1) is 25.9 Å². The highest BCUT2D eigenvalue weighted by Crippen LogP contribution is 2.14. The van der Waals surface area contributed by atoms with Crippen molar-refractivity contribution in [2.45, 2.75) is 32.9 Å². The Balaban J connectivity index is 2.18. The van der Waals surface area contributed by atoms with Gasteiger partial charge in [-0.1, -0.05) is 6.92 Å². The Bertz CT molecular complexity index is 200. The molecule has 1 heterocycles. The molecule has 0 amide bonds. The van der Waals surface area contributed by atoms with Crippen molar-refractivity contribution in [3.8, 4) is 0 Å². The Morgan fingerprint density at radius 1 is 1.41 bits per heavy atom. The molecule has 0 spiro atoms. The van der Waals surface area contributed by atoms with Crippen LogP contribution in [0.15, 0.2) is 0 Å². The van der Waals surface area contributed by atoms with Gasteiger partial charge in [-0.3, -0.25) is 0 Å². The first-order valence-electron chi connectivity index (χ1n) is 6.74. The molecule has 0 aromatic rings. The summed E-state index contributed by atoms with van der Waals surface area (Å²) >= 11 is 0. The zero-order valence-corrected chi connectivity index (χ0v) is 11.7. The van der Waals surface area contributed by atoms with Crippen molar-refractivity contribution >= 4 is 0 Å². The van der Waals surface area contributed by atoms with Crippen LogP contribution in [0.1, 0.15) is 20.8 Å². The SMILES string of the molecule is CCNC1COCC1CN(C)CCOC(C)C. The summed E-state index contributed by atoms with van der Waals surface area (Å²) in [6, 6.07) is 0.522. The fraction of sp³-hybridized carbons (Fsp3) is 1.00. The Kier molecular flexibility index (Phi) is 7.04. The molecule has 1 N–H and O–H groups in total. The lowest BCUT2D eigenvalue weighted by molar-refractivity contribution is 0.0601. The highest BCUT2D eigenvalue weighted by Gasteiger charge is 2.28.